The van der Waals surface area contributed by atoms with Crippen LogP contribution in [0.1, 0.15) is 12.5 Å². The zero-order valence-corrected chi connectivity index (χ0v) is 10.8. The Morgan fingerprint density at radius 3 is 2.68 bits per heavy atom. The number of hydrogen-bond donors (Lipinski definition) is 2. The Labute approximate surface area is 111 Å². The Morgan fingerprint density at radius 1 is 1.42 bits per heavy atom. The first-order valence-corrected chi connectivity index (χ1v) is 5.55. The maximum atomic E-state index is 11.1. The van der Waals surface area contributed by atoms with Gasteiger partial charge in [0.25, 0.3) is 0 Å². The number of hydrogen-bond acceptors (Lipinski definition) is 5. The van der Waals surface area contributed by atoms with Gasteiger partial charge in [-0.15, -0.1) is 0 Å². The molecule has 0 aromatic heterocycles. The van der Waals surface area contributed by atoms with E-state index in [1.165, 1.54) is 13.2 Å². The third-order valence-electron chi connectivity index (χ3n) is 2.27. The van der Waals surface area contributed by atoms with E-state index in [0.29, 0.717) is 11.1 Å². The molecule has 102 valence electrons. The highest BCUT2D eigenvalue weighted by molar-refractivity contribution is 5.87. The molecule has 5 nitrogen and oxygen atoms in total. The zero-order chi connectivity index (χ0) is 14.4. The van der Waals surface area contributed by atoms with Crippen LogP contribution < -0.4 is 4.74 Å². The molecular formula is C14H16O5. The van der Waals surface area contributed by atoms with Gasteiger partial charge in [-0.2, -0.15) is 0 Å². The zero-order valence-electron chi connectivity index (χ0n) is 10.8. The topological polar surface area (TPSA) is 76.0 Å². The third kappa shape index (κ3) is 4.06. The molecule has 2 N–H and O–H groups in total. The second-order valence-electron chi connectivity index (χ2n) is 3.87. The van der Waals surface area contributed by atoms with E-state index in [4.69, 9.17) is 9.47 Å². The molecule has 0 bridgehead atoms. The molecule has 0 heterocycles. The first kappa shape index (κ1) is 14.6. The lowest BCUT2D eigenvalue weighted by Gasteiger charge is -2.06. The summed E-state index contributed by atoms with van der Waals surface area (Å²) in [6.45, 7) is 5.12. The monoisotopic (exact) mass is 264 g/mol. The average Bonchev–Trinajstić information content (AvgIpc) is 2.37. The second-order valence-corrected chi connectivity index (χ2v) is 3.87. The minimum Gasteiger partial charge on any atom is -0.504 e. The van der Waals surface area contributed by atoms with Crippen molar-refractivity contribution in [1.29, 1.82) is 0 Å². The molecule has 0 saturated heterocycles. The summed E-state index contributed by atoms with van der Waals surface area (Å²) in [5.74, 6) is -0.888. The van der Waals surface area contributed by atoms with Crippen molar-refractivity contribution in [2.45, 2.75) is 6.92 Å². The van der Waals surface area contributed by atoms with Crippen molar-refractivity contribution >= 4 is 12.0 Å². The molecule has 0 radical (unpaired) electrons. The Balaban J connectivity index is 2.70. The van der Waals surface area contributed by atoms with Crippen LogP contribution in [-0.2, 0) is 9.53 Å². The maximum Gasteiger partial charge on any atom is 0.333 e. The van der Waals surface area contributed by atoms with E-state index in [2.05, 4.69) is 6.58 Å². The lowest BCUT2D eigenvalue weighted by Crippen LogP contribution is -2.04. The van der Waals surface area contributed by atoms with Crippen LogP contribution in [0.2, 0.25) is 0 Å². The summed E-state index contributed by atoms with van der Waals surface area (Å²) in [6, 6.07) is 2.92. The lowest BCUT2D eigenvalue weighted by atomic mass is 10.1. The number of methoxy groups -OCH3 is 1. The quantitative estimate of drug-likeness (QED) is 0.484. The van der Waals surface area contributed by atoms with Crippen LogP contribution in [0.4, 0.5) is 0 Å². The molecule has 1 rings (SSSR count). The van der Waals surface area contributed by atoms with E-state index < -0.39 is 5.97 Å². The van der Waals surface area contributed by atoms with Gasteiger partial charge in [0.05, 0.1) is 7.11 Å². The van der Waals surface area contributed by atoms with Crippen LogP contribution in [0.25, 0.3) is 6.08 Å². The van der Waals surface area contributed by atoms with Crippen molar-refractivity contribution in [3.05, 3.63) is 35.9 Å². The first-order valence-electron chi connectivity index (χ1n) is 5.55. The number of aromatic hydroxyl groups is 2. The largest absolute Gasteiger partial charge is 0.504 e. The second kappa shape index (κ2) is 6.49. The summed E-state index contributed by atoms with van der Waals surface area (Å²) in [5, 5.41) is 18.9. The standard InChI is InChI=1S/C14H16O5/c1-9(2)14(17)19-6-4-5-10-7-11(15)13(16)12(8-10)18-3/h4-5,7-8,15-16H,1,6H2,2-3H3/b5-4+. The van der Waals surface area contributed by atoms with Crippen molar-refractivity contribution in [1.82, 2.24) is 0 Å². The molecule has 1 aromatic carbocycles. The number of ether oxygens (including phenoxy) is 2. The molecule has 5 heteroatoms. The summed E-state index contributed by atoms with van der Waals surface area (Å²) >= 11 is 0. The summed E-state index contributed by atoms with van der Waals surface area (Å²) in [7, 11) is 1.39. The normalized spacial score (nSPS) is 10.4. The predicted molar refractivity (Wildman–Crippen MR) is 71.1 cm³/mol. The number of rotatable bonds is 5. The Hall–Kier alpha value is -2.43. The minimum atomic E-state index is -0.462. The summed E-state index contributed by atoms with van der Waals surface area (Å²) < 4.78 is 9.77. The van der Waals surface area contributed by atoms with Crippen molar-refractivity contribution in [2.24, 2.45) is 0 Å². The van der Waals surface area contributed by atoms with Crippen LogP contribution in [-0.4, -0.2) is 29.9 Å². The van der Waals surface area contributed by atoms with E-state index in [0.717, 1.165) is 0 Å². The van der Waals surface area contributed by atoms with Crippen molar-refractivity contribution in [2.75, 3.05) is 13.7 Å². The Morgan fingerprint density at radius 2 is 2.11 bits per heavy atom. The molecule has 0 spiro atoms. The van der Waals surface area contributed by atoms with Gasteiger partial charge in [0.15, 0.2) is 11.5 Å². The SMILES string of the molecule is C=C(C)C(=O)OC/C=C/c1cc(O)c(O)c(OC)c1. The minimum absolute atomic E-state index is 0.0929. The van der Waals surface area contributed by atoms with Crippen LogP contribution in [0, 0.1) is 0 Å². The number of phenols is 2. The van der Waals surface area contributed by atoms with E-state index in [1.807, 2.05) is 0 Å². The van der Waals surface area contributed by atoms with Gasteiger partial charge in [0, 0.05) is 5.57 Å². The highest BCUT2D eigenvalue weighted by Crippen LogP contribution is 2.36. The third-order valence-corrected chi connectivity index (χ3v) is 2.27. The van der Waals surface area contributed by atoms with Crippen LogP contribution >= 0.6 is 0 Å². The smallest absolute Gasteiger partial charge is 0.333 e. The molecular weight excluding hydrogens is 248 g/mol. The average molecular weight is 264 g/mol. The fourth-order valence-electron chi connectivity index (χ4n) is 1.30. The fourth-order valence-corrected chi connectivity index (χ4v) is 1.30. The van der Waals surface area contributed by atoms with Gasteiger partial charge in [-0.25, -0.2) is 4.79 Å². The van der Waals surface area contributed by atoms with Crippen molar-refractivity contribution < 1.29 is 24.5 Å². The predicted octanol–water partition coefficient (Wildman–Crippen LogP) is 2.24. The first-order chi connectivity index (χ1) is 8.95. The lowest BCUT2D eigenvalue weighted by molar-refractivity contribution is -0.137. The van der Waals surface area contributed by atoms with Gasteiger partial charge >= 0.3 is 5.97 Å². The number of carbonyl (C=O) groups is 1. The number of benzene rings is 1. The van der Waals surface area contributed by atoms with E-state index >= 15 is 0 Å². The Bertz CT molecular complexity index is 517. The van der Waals surface area contributed by atoms with E-state index in [-0.39, 0.29) is 23.9 Å². The van der Waals surface area contributed by atoms with Crippen molar-refractivity contribution in [3.63, 3.8) is 0 Å². The highest BCUT2D eigenvalue weighted by Gasteiger charge is 2.08. The highest BCUT2D eigenvalue weighted by atomic mass is 16.5. The van der Waals surface area contributed by atoms with Gasteiger partial charge in [0.2, 0.25) is 5.75 Å². The van der Waals surface area contributed by atoms with Gasteiger partial charge in [-0.1, -0.05) is 12.7 Å². The molecule has 1 aromatic rings. The van der Waals surface area contributed by atoms with Gasteiger partial charge in [0.1, 0.15) is 6.61 Å². The van der Waals surface area contributed by atoms with Gasteiger partial charge < -0.3 is 19.7 Å². The molecule has 0 fully saturated rings. The molecule has 0 aliphatic carbocycles. The van der Waals surface area contributed by atoms with Gasteiger partial charge in [-0.05, 0) is 30.7 Å². The molecule has 0 saturated carbocycles. The molecule has 0 atom stereocenters. The van der Waals surface area contributed by atoms with Gasteiger partial charge in [-0.3, -0.25) is 0 Å². The summed E-state index contributed by atoms with van der Waals surface area (Å²) in [4.78, 5) is 11.1. The van der Waals surface area contributed by atoms with E-state index in [9.17, 15) is 15.0 Å². The molecule has 0 unspecified atom stereocenters. The summed E-state index contributed by atoms with van der Waals surface area (Å²) in [6.07, 6.45) is 3.24. The number of esters is 1. The maximum absolute atomic E-state index is 11.1. The molecule has 19 heavy (non-hydrogen) atoms. The fraction of sp³-hybridized carbons (Fsp3) is 0.214. The van der Waals surface area contributed by atoms with Crippen molar-refractivity contribution in [3.8, 4) is 17.2 Å². The molecule has 0 amide bonds. The molecule has 0 aliphatic heterocycles. The summed E-state index contributed by atoms with van der Waals surface area (Å²) in [5.41, 5.74) is 0.941. The molecule has 0 aliphatic rings. The van der Waals surface area contributed by atoms with Crippen LogP contribution in [0.15, 0.2) is 30.4 Å². The number of carbonyl (C=O) groups excluding carboxylic acids is 1. The van der Waals surface area contributed by atoms with E-state index in [1.54, 1.807) is 25.1 Å². The van der Waals surface area contributed by atoms with Crippen LogP contribution in [0.3, 0.4) is 0 Å². The number of phenolic OH excluding ortho intramolecular Hbond substituents is 2. The Kier molecular flexibility index (Phi) is 5.00. The van der Waals surface area contributed by atoms with Crippen LogP contribution in [0.5, 0.6) is 17.2 Å².